The minimum Gasteiger partial charge on any atom is -0.481 e. The second-order valence-corrected chi connectivity index (χ2v) is 5.12. The van der Waals surface area contributed by atoms with E-state index >= 15 is 0 Å². The highest BCUT2D eigenvalue weighted by Crippen LogP contribution is 2.56. The van der Waals surface area contributed by atoms with Gasteiger partial charge in [-0.05, 0) is 31.4 Å². The monoisotopic (exact) mass is 172 g/mol. The van der Waals surface area contributed by atoms with Crippen LogP contribution in [0.4, 0.5) is 0 Å². The molecule has 2 rings (SSSR count). The molecule has 1 aliphatic carbocycles. The number of carbonyl (C=O) groups is 1. The van der Waals surface area contributed by atoms with Crippen molar-refractivity contribution in [1.82, 2.24) is 0 Å². The van der Waals surface area contributed by atoms with E-state index in [9.17, 15) is 4.79 Å². The zero-order valence-corrected chi connectivity index (χ0v) is 7.19. The maximum Gasteiger partial charge on any atom is 0.306 e. The van der Waals surface area contributed by atoms with Crippen LogP contribution in [-0.2, 0) is 4.79 Å². The van der Waals surface area contributed by atoms with Crippen LogP contribution in [0.5, 0.6) is 0 Å². The predicted octanol–water partition coefficient (Wildman–Crippen LogP) is 1.75. The van der Waals surface area contributed by atoms with Gasteiger partial charge in [0.25, 0.3) is 0 Å². The molecular formula is C8H12O2S. The average Bonchev–Trinajstić information content (AvgIpc) is 2.69. The summed E-state index contributed by atoms with van der Waals surface area (Å²) >= 11 is 1.99. The Morgan fingerprint density at radius 3 is 2.82 bits per heavy atom. The number of aliphatic carboxylic acids is 1. The molecule has 2 aliphatic rings. The lowest BCUT2D eigenvalue weighted by Gasteiger charge is -2.25. The standard InChI is InChI=1S/C8H12O2S/c9-7(10)6-1-4-11-8(5-6)2-3-8/h6H,1-5H2,(H,9,10). The third-order valence-electron chi connectivity index (χ3n) is 2.65. The molecule has 0 amide bonds. The van der Waals surface area contributed by atoms with Crippen molar-refractivity contribution in [2.75, 3.05) is 5.75 Å². The molecule has 0 radical (unpaired) electrons. The Morgan fingerprint density at radius 2 is 2.27 bits per heavy atom. The van der Waals surface area contributed by atoms with Gasteiger partial charge in [0.05, 0.1) is 5.92 Å². The van der Waals surface area contributed by atoms with Gasteiger partial charge >= 0.3 is 5.97 Å². The van der Waals surface area contributed by atoms with Crippen LogP contribution in [0.3, 0.4) is 0 Å². The van der Waals surface area contributed by atoms with Crippen molar-refractivity contribution in [3.05, 3.63) is 0 Å². The van der Waals surface area contributed by atoms with Gasteiger partial charge in [0.2, 0.25) is 0 Å². The third kappa shape index (κ3) is 1.39. The van der Waals surface area contributed by atoms with Crippen LogP contribution in [0.15, 0.2) is 0 Å². The maximum absolute atomic E-state index is 10.7. The summed E-state index contributed by atoms with van der Waals surface area (Å²) in [5.41, 5.74) is 0. The quantitative estimate of drug-likeness (QED) is 0.654. The molecule has 1 heterocycles. The molecule has 1 aliphatic heterocycles. The van der Waals surface area contributed by atoms with Crippen molar-refractivity contribution < 1.29 is 9.90 Å². The van der Waals surface area contributed by atoms with Crippen molar-refractivity contribution in [3.63, 3.8) is 0 Å². The Labute approximate surface area is 70.4 Å². The summed E-state index contributed by atoms with van der Waals surface area (Å²) in [6.45, 7) is 0. The molecule has 1 spiro atoms. The molecule has 2 fully saturated rings. The summed E-state index contributed by atoms with van der Waals surface area (Å²) in [4.78, 5) is 10.7. The Morgan fingerprint density at radius 1 is 1.55 bits per heavy atom. The Hall–Kier alpha value is -0.180. The molecule has 3 heteroatoms. The average molecular weight is 172 g/mol. The van der Waals surface area contributed by atoms with Crippen molar-refractivity contribution in [2.45, 2.75) is 30.4 Å². The first-order valence-electron chi connectivity index (χ1n) is 4.09. The summed E-state index contributed by atoms with van der Waals surface area (Å²) in [5.74, 6) is 0.423. The Balaban J connectivity index is 1.98. The fourth-order valence-corrected chi connectivity index (χ4v) is 3.27. The van der Waals surface area contributed by atoms with Gasteiger partial charge in [-0.1, -0.05) is 0 Å². The molecule has 1 saturated carbocycles. The van der Waals surface area contributed by atoms with Gasteiger partial charge in [-0.2, -0.15) is 11.8 Å². The van der Waals surface area contributed by atoms with Gasteiger partial charge < -0.3 is 5.11 Å². The van der Waals surface area contributed by atoms with Crippen molar-refractivity contribution in [3.8, 4) is 0 Å². The van der Waals surface area contributed by atoms with Gasteiger partial charge in [0.1, 0.15) is 0 Å². The molecule has 1 atom stereocenters. The van der Waals surface area contributed by atoms with Crippen LogP contribution in [0, 0.1) is 5.92 Å². The predicted molar refractivity (Wildman–Crippen MR) is 44.8 cm³/mol. The van der Waals surface area contributed by atoms with Crippen LogP contribution in [-0.4, -0.2) is 21.6 Å². The molecule has 2 nitrogen and oxygen atoms in total. The molecule has 0 aromatic carbocycles. The number of carboxylic acid groups (broad SMARTS) is 1. The Kier molecular flexibility index (Phi) is 1.63. The SMILES string of the molecule is O=C(O)C1CCSC2(CC2)C1. The fraction of sp³-hybridized carbons (Fsp3) is 0.875. The lowest BCUT2D eigenvalue weighted by atomic mass is 9.99. The summed E-state index contributed by atoms with van der Waals surface area (Å²) in [7, 11) is 0. The highest BCUT2D eigenvalue weighted by Gasteiger charge is 2.48. The minimum atomic E-state index is -0.587. The number of rotatable bonds is 1. The van der Waals surface area contributed by atoms with Gasteiger partial charge in [0, 0.05) is 4.75 Å². The van der Waals surface area contributed by atoms with Crippen LogP contribution in [0.25, 0.3) is 0 Å². The lowest BCUT2D eigenvalue weighted by molar-refractivity contribution is -0.142. The van der Waals surface area contributed by atoms with Gasteiger partial charge in [-0.25, -0.2) is 0 Å². The Bertz CT molecular complexity index is 187. The van der Waals surface area contributed by atoms with E-state index < -0.39 is 5.97 Å². The molecule has 1 saturated heterocycles. The highest BCUT2D eigenvalue weighted by molar-refractivity contribution is 8.01. The first kappa shape index (κ1) is 7.47. The largest absolute Gasteiger partial charge is 0.481 e. The molecule has 0 aromatic heterocycles. The molecule has 0 aromatic rings. The number of hydrogen-bond acceptors (Lipinski definition) is 2. The van der Waals surface area contributed by atoms with Crippen LogP contribution in [0.1, 0.15) is 25.7 Å². The first-order valence-corrected chi connectivity index (χ1v) is 5.07. The normalized spacial score (nSPS) is 33.6. The van der Waals surface area contributed by atoms with E-state index in [2.05, 4.69) is 0 Å². The molecule has 62 valence electrons. The van der Waals surface area contributed by atoms with E-state index in [1.54, 1.807) is 0 Å². The summed E-state index contributed by atoms with van der Waals surface area (Å²) in [5, 5.41) is 8.79. The molecular weight excluding hydrogens is 160 g/mol. The third-order valence-corrected chi connectivity index (χ3v) is 4.28. The number of hydrogen-bond donors (Lipinski definition) is 1. The summed E-state index contributed by atoms with van der Waals surface area (Å²) in [6, 6.07) is 0. The van der Waals surface area contributed by atoms with E-state index in [0.717, 1.165) is 18.6 Å². The van der Waals surface area contributed by atoms with E-state index in [4.69, 9.17) is 5.11 Å². The van der Waals surface area contributed by atoms with Crippen LogP contribution >= 0.6 is 11.8 Å². The topological polar surface area (TPSA) is 37.3 Å². The second kappa shape index (κ2) is 2.41. The molecule has 11 heavy (non-hydrogen) atoms. The van der Waals surface area contributed by atoms with E-state index in [-0.39, 0.29) is 5.92 Å². The molecule has 1 N–H and O–H groups in total. The second-order valence-electron chi connectivity index (χ2n) is 3.56. The maximum atomic E-state index is 10.7. The van der Waals surface area contributed by atoms with Crippen molar-refractivity contribution in [1.29, 1.82) is 0 Å². The lowest BCUT2D eigenvalue weighted by Crippen LogP contribution is -2.25. The van der Waals surface area contributed by atoms with Gasteiger partial charge in [-0.3, -0.25) is 4.79 Å². The minimum absolute atomic E-state index is 0.0428. The van der Waals surface area contributed by atoms with E-state index in [0.29, 0.717) is 4.75 Å². The zero-order valence-electron chi connectivity index (χ0n) is 6.38. The van der Waals surface area contributed by atoms with Gasteiger partial charge in [0.15, 0.2) is 0 Å². The van der Waals surface area contributed by atoms with Gasteiger partial charge in [-0.15, -0.1) is 0 Å². The van der Waals surface area contributed by atoms with E-state index in [1.165, 1.54) is 12.8 Å². The van der Waals surface area contributed by atoms with E-state index in [1.807, 2.05) is 11.8 Å². The highest BCUT2D eigenvalue weighted by atomic mass is 32.2. The number of carboxylic acids is 1. The fourth-order valence-electron chi connectivity index (χ4n) is 1.73. The van der Waals surface area contributed by atoms with Crippen molar-refractivity contribution >= 4 is 17.7 Å². The smallest absolute Gasteiger partial charge is 0.306 e. The summed E-state index contributed by atoms with van der Waals surface area (Å²) < 4.78 is 0.418. The van der Waals surface area contributed by atoms with Crippen LogP contribution in [0.2, 0.25) is 0 Å². The first-order chi connectivity index (χ1) is 5.22. The summed E-state index contributed by atoms with van der Waals surface area (Å²) in [6.07, 6.45) is 4.30. The van der Waals surface area contributed by atoms with Crippen molar-refractivity contribution in [2.24, 2.45) is 5.92 Å². The molecule has 1 unspecified atom stereocenters. The number of thioether (sulfide) groups is 1. The van der Waals surface area contributed by atoms with Crippen LogP contribution < -0.4 is 0 Å². The molecule has 0 bridgehead atoms. The zero-order chi connectivity index (χ0) is 7.90.